The summed E-state index contributed by atoms with van der Waals surface area (Å²) in [4.78, 5) is 0. The minimum atomic E-state index is -0.123. The van der Waals surface area contributed by atoms with Gasteiger partial charge in [0.05, 0.1) is 10.0 Å². The third-order valence-corrected chi connectivity index (χ3v) is 3.86. The molecule has 94 valence electrons. The molecule has 0 bridgehead atoms. The number of hydrogen-bond acceptors (Lipinski definition) is 1. The maximum Gasteiger partial charge on any atom is 0.0674 e. The van der Waals surface area contributed by atoms with E-state index in [2.05, 4.69) is 19.1 Å². The highest BCUT2D eigenvalue weighted by molar-refractivity contribution is 6.44. The molecular formula is C15H15Cl2N. The van der Waals surface area contributed by atoms with Crippen LogP contribution in [0.2, 0.25) is 10.0 Å². The van der Waals surface area contributed by atoms with E-state index < -0.39 is 0 Å². The number of hydrogen-bond donors (Lipinski definition) is 1. The van der Waals surface area contributed by atoms with Crippen molar-refractivity contribution < 1.29 is 0 Å². The van der Waals surface area contributed by atoms with Crippen molar-refractivity contribution in [1.29, 1.82) is 0 Å². The van der Waals surface area contributed by atoms with E-state index in [1.54, 1.807) is 0 Å². The van der Waals surface area contributed by atoms with Gasteiger partial charge in [0.2, 0.25) is 0 Å². The third-order valence-electron chi connectivity index (χ3n) is 2.97. The Morgan fingerprint density at radius 2 is 1.56 bits per heavy atom. The molecule has 1 nitrogen and oxygen atoms in total. The van der Waals surface area contributed by atoms with Crippen LogP contribution in [0.5, 0.6) is 0 Å². The van der Waals surface area contributed by atoms with Crippen molar-refractivity contribution in [3.05, 3.63) is 57.6 Å². The molecule has 2 rings (SSSR count). The average molecular weight is 280 g/mol. The van der Waals surface area contributed by atoms with Crippen LogP contribution in [0.4, 0.5) is 0 Å². The summed E-state index contributed by atoms with van der Waals surface area (Å²) in [5.41, 5.74) is 9.93. The molecule has 18 heavy (non-hydrogen) atoms. The molecule has 0 heterocycles. The minimum Gasteiger partial charge on any atom is -0.324 e. The number of benzene rings is 2. The molecule has 0 aliphatic rings. The first kappa shape index (κ1) is 13.4. The van der Waals surface area contributed by atoms with Crippen LogP contribution in [0.3, 0.4) is 0 Å². The lowest BCUT2D eigenvalue weighted by Crippen LogP contribution is -2.05. The Morgan fingerprint density at radius 3 is 2.11 bits per heavy atom. The van der Waals surface area contributed by atoms with Gasteiger partial charge in [-0.2, -0.15) is 0 Å². The summed E-state index contributed by atoms with van der Waals surface area (Å²) in [6.07, 6.45) is 0. The predicted octanol–water partition coefficient (Wildman–Crippen LogP) is 4.99. The first-order valence-corrected chi connectivity index (χ1v) is 6.57. The maximum atomic E-state index is 6.33. The SMILES string of the molecule is Cc1ccc(-c2ccc(C(C)N)c(Cl)c2Cl)cc1. The Labute approximate surface area is 118 Å². The van der Waals surface area contributed by atoms with Gasteiger partial charge < -0.3 is 5.73 Å². The normalized spacial score (nSPS) is 12.5. The van der Waals surface area contributed by atoms with E-state index in [0.717, 1.165) is 16.7 Å². The molecule has 3 heteroatoms. The lowest BCUT2D eigenvalue weighted by molar-refractivity contribution is 0.819. The van der Waals surface area contributed by atoms with Crippen molar-refractivity contribution >= 4 is 23.2 Å². The number of aryl methyl sites for hydroxylation is 1. The van der Waals surface area contributed by atoms with Crippen molar-refractivity contribution in [1.82, 2.24) is 0 Å². The summed E-state index contributed by atoms with van der Waals surface area (Å²) in [5, 5.41) is 1.11. The lowest BCUT2D eigenvalue weighted by Gasteiger charge is -2.13. The van der Waals surface area contributed by atoms with E-state index in [1.807, 2.05) is 31.2 Å². The second kappa shape index (κ2) is 5.31. The van der Waals surface area contributed by atoms with Gasteiger partial charge in [-0.15, -0.1) is 0 Å². The molecule has 0 amide bonds. The fourth-order valence-electron chi connectivity index (χ4n) is 1.87. The summed E-state index contributed by atoms with van der Waals surface area (Å²) in [6.45, 7) is 3.95. The zero-order chi connectivity index (χ0) is 13.3. The van der Waals surface area contributed by atoms with Gasteiger partial charge in [-0.1, -0.05) is 65.2 Å². The van der Waals surface area contributed by atoms with E-state index in [9.17, 15) is 0 Å². The van der Waals surface area contributed by atoms with Crippen molar-refractivity contribution in [3.63, 3.8) is 0 Å². The van der Waals surface area contributed by atoms with Crippen molar-refractivity contribution in [3.8, 4) is 11.1 Å². The molecule has 0 spiro atoms. The molecule has 2 aromatic carbocycles. The van der Waals surface area contributed by atoms with Crippen molar-refractivity contribution in [2.45, 2.75) is 19.9 Å². The molecule has 0 aromatic heterocycles. The first-order valence-electron chi connectivity index (χ1n) is 5.81. The van der Waals surface area contributed by atoms with Gasteiger partial charge in [0, 0.05) is 11.6 Å². The number of halogens is 2. The Morgan fingerprint density at radius 1 is 0.944 bits per heavy atom. The van der Waals surface area contributed by atoms with E-state index >= 15 is 0 Å². The number of rotatable bonds is 2. The van der Waals surface area contributed by atoms with Gasteiger partial charge >= 0.3 is 0 Å². The summed E-state index contributed by atoms with van der Waals surface area (Å²) in [7, 11) is 0. The smallest absolute Gasteiger partial charge is 0.0674 e. The Kier molecular flexibility index (Phi) is 3.96. The molecule has 2 aromatic rings. The third kappa shape index (κ3) is 2.54. The van der Waals surface area contributed by atoms with Gasteiger partial charge in [0.1, 0.15) is 0 Å². The highest BCUT2D eigenvalue weighted by Crippen LogP contribution is 2.37. The molecule has 2 N–H and O–H groups in total. The molecule has 0 aliphatic heterocycles. The Balaban J connectivity index is 2.53. The lowest BCUT2D eigenvalue weighted by atomic mass is 10.0. The molecule has 0 fully saturated rings. The highest BCUT2D eigenvalue weighted by Gasteiger charge is 2.13. The molecular weight excluding hydrogens is 265 g/mol. The molecule has 0 saturated heterocycles. The van der Waals surface area contributed by atoms with E-state index in [1.165, 1.54) is 5.56 Å². The Bertz CT molecular complexity index is 559. The Hall–Kier alpha value is -1.02. The van der Waals surface area contributed by atoms with Gasteiger partial charge in [0.25, 0.3) is 0 Å². The van der Waals surface area contributed by atoms with Crippen molar-refractivity contribution in [2.75, 3.05) is 0 Å². The molecule has 1 unspecified atom stereocenters. The second-order valence-electron chi connectivity index (χ2n) is 4.49. The van der Waals surface area contributed by atoms with Gasteiger partial charge in [-0.25, -0.2) is 0 Å². The standard InChI is InChI=1S/C15H15Cl2N/c1-9-3-5-11(6-4-9)13-8-7-12(10(2)18)14(16)15(13)17/h3-8,10H,18H2,1-2H3. The second-order valence-corrected chi connectivity index (χ2v) is 5.24. The molecule has 0 saturated carbocycles. The zero-order valence-electron chi connectivity index (χ0n) is 10.4. The zero-order valence-corrected chi connectivity index (χ0v) is 11.9. The minimum absolute atomic E-state index is 0.123. The summed E-state index contributed by atoms with van der Waals surface area (Å²) in [6, 6.07) is 12.0. The molecule has 1 atom stereocenters. The predicted molar refractivity (Wildman–Crippen MR) is 79.2 cm³/mol. The van der Waals surface area contributed by atoms with Crippen LogP contribution in [0.1, 0.15) is 24.1 Å². The first-order chi connectivity index (χ1) is 8.50. The van der Waals surface area contributed by atoms with Gasteiger partial charge in [-0.05, 0) is 25.0 Å². The van der Waals surface area contributed by atoms with E-state index in [-0.39, 0.29) is 6.04 Å². The van der Waals surface area contributed by atoms with Crippen LogP contribution in [0.25, 0.3) is 11.1 Å². The van der Waals surface area contributed by atoms with Crippen LogP contribution in [0.15, 0.2) is 36.4 Å². The average Bonchev–Trinajstić information content (AvgIpc) is 2.33. The molecule has 0 aliphatic carbocycles. The molecule has 0 radical (unpaired) electrons. The largest absolute Gasteiger partial charge is 0.324 e. The van der Waals surface area contributed by atoms with E-state index in [4.69, 9.17) is 28.9 Å². The maximum absolute atomic E-state index is 6.33. The number of nitrogens with two attached hydrogens (primary N) is 1. The summed E-state index contributed by atoms with van der Waals surface area (Å²) < 4.78 is 0. The quantitative estimate of drug-likeness (QED) is 0.824. The van der Waals surface area contributed by atoms with Gasteiger partial charge in [0.15, 0.2) is 0 Å². The van der Waals surface area contributed by atoms with Gasteiger partial charge in [-0.3, -0.25) is 0 Å². The summed E-state index contributed by atoms with van der Waals surface area (Å²) in [5.74, 6) is 0. The van der Waals surface area contributed by atoms with Crippen LogP contribution in [-0.2, 0) is 0 Å². The van der Waals surface area contributed by atoms with Crippen molar-refractivity contribution in [2.24, 2.45) is 5.73 Å². The highest BCUT2D eigenvalue weighted by atomic mass is 35.5. The van der Waals surface area contributed by atoms with E-state index in [0.29, 0.717) is 10.0 Å². The van der Waals surface area contributed by atoms with Crippen LogP contribution >= 0.6 is 23.2 Å². The fourth-order valence-corrected chi connectivity index (χ4v) is 2.49. The topological polar surface area (TPSA) is 26.0 Å². The van der Waals surface area contributed by atoms with Crippen LogP contribution in [0, 0.1) is 6.92 Å². The monoisotopic (exact) mass is 279 g/mol. The van der Waals surface area contributed by atoms with Crippen LogP contribution < -0.4 is 5.73 Å². The summed E-state index contributed by atoms with van der Waals surface area (Å²) >= 11 is 12.6. The van der Waals surface area contributed by atoms with Crippen LogP contribution in [-0.4, -0.2) is 0 Å². The fraction of sp³-hybridized carbons (Fsp3) is 0.200.